The smallest absolute Gasteiger partial charge is 0.304 e. The van der Waals surface area contributed by atoms with E-state index >= 15 is 0 Å². The van der Waals surface area contributed by atoms with Gasteiger partial charge >= 0.3 is 5.97 Å². The molecule has 0 spiro atoms. The molecule has 0 bridgehead atoms. The van der Waals surface area contributed by atoms with E-state index < -0.39 is 5.97 Å². The summed E-state index contributed by atoms with van der Waals surface area (Å²) in [5, 5.41) is 21.9. The minimum Gasteiger partial charge on any atom is -0.481 e. The number of methoxy groups -OCH3 is 1. The van der Waals surface area contributed by atoms with Gasteiger partial charge in [0.25, 0.3) is 0 Å². The summed E-state index contributed by atoms with van der Waals surface area (Å²) < 4.78 is 10.9. The van der Waals surface area contributed by atoms with Crippen LogP contribution < -0.4 is 10.2 Å². The van der Waals surface area contributed by atoms with Crippen molar-refractivity contribution in [3.8, 4) is 6.07 Å². The van der Waals surface area contributed by atoms with Crippen LogP contribution in [-0.2, 0) is 14.3 Å². The molecule has 0 amide bonds. The summed E-state index contributed by atoms with van der Waals surface area (Å²) in [5.74, 6) is -1.10. The van der Waals surface area contributed by atoms with Gasteiger partial charge in [-0.15, -0.1) is 0 Å². The van der Waals surface area contributed by atoms with Crippen LogP contribution in [0.4, 0.5) is 17.1 Å². The molecule has 2 aromatic rings. The molecule has 2 aromatic carbocycles. The SMILES string of the molecule is CCN(c1ccc(C(COC)CC(=O)O)cc1Nc1ccc(C#N)cc1)C1CCOCC1. The van der Waals surface area contributed by atoms with E-state index in [1.807, 2.05) is 24.3 Å². The lowest BCUT2D eigenvalue weighted by Crippen LogP contribution is -2.39. The van der Waals surface area contributed by atoms with Crippen LogP contribution in [0.15, 0.2) is 42.5 Å². The van der Waals surface area contributed by atoms with Crippen molar-refractivity contribution in [3.63, 3.8) is 0 Å². The number of aliphatic carboxylic acids is 1. The van der Waals surface area contributed by atoms with Gasteiger partial charge in [0.05, 0.1) is 36.0 Å². The lowest BCUT2D eigenvalue weighted by atomic mass is 9.94. The molecule has 1 heterocycles. The maximum Gasteiger partial charge on any atom is 0.304 e. The second kappa shape index (κ2) is 11.5. The number of rotatable bonds is 10. The molecule has 1 fully saturated rings. The van der Waals surface area contributed by atoms with Crippen LogP contribution >= 0.6 is 0 Å². The minimum absolute atomic E-state index is 0.000941. The Hall–Kier alpha value is -3.08. The van der Waals surface area contributed by atoms with Crippen LogP contribution in [0.2, 0.25) is 0 Å². The third-order valence-electron chi connectivity index (χ3n) is 5.86. The Morgan fingerprint density at radius 3 is 2.59 bits per heavy atom. The highest BCUT2D eigenvalue weighted by atomic mass is 16.5. The largest absolute Gasteiger partial charge is 0.481 e. The first-order valence-electron chi connectivity index (χ1n) is 11.0. The third-order valence-corrected chi connectivity index (χ3v) is 5.86. The van der Waals surface area contributed by atoms with Gasteiger partial charge in [-0.05, 0) is 61.7 Å². The number of benzene rings is 2. The van der Waals surface area contributed by atoms with Crippen LogP contribution in [0.5, 0.6) is 0 Å². The van der Waals surface area contributed by atoms with Crippen molar-refractivity contribution in [2.24, 2.45) is 0 Å². The quantitative estimate of drug-likeness (QED) is 0.565. The van der Waals surface area contributed by atoms with Gasteiger partial charge in [0.15, 0.2) is 0 Å². The van der Waals surface area contributed by atoms with Crippen LogP contribution in [0.25, 0.3) is 0 Å². The van der Waals surface area contributed by atoms with Gasteiger partial charge in [-0.25, -0.2) is 0 Å². The molecule has 0 radical (unpaired) electrons. The number of carbonyl (C=O) groups is 1. The minimum atomic E-state index is -0.852. The number of ether oxygens (including phenoxy) is 2. The first-order chi connectivity index (χ1) is 15.5. The first kappa shape index (κ1) is 23.6. The number of nitrogens with zero attached hydrogens (tertiary/aromatic N) is 2. The Morgan fingerprint density at radius 2 is 2.00 bits per heavy atom. The zero-order chi connectivity index (χ0) is 22.9. The van der Waals surface area contributed by atoms with Gasteiger partial charge in [-0.2, -0.15) is 5.26 Å². The van der Waals surface area contributed by atoms with E-state index in [0.29, 0.717) is 18.2 Å². The van der Waals surface area contributed by atoms with Crippen molar-refractivity contribution in [3.05, 3.63) is 53.6 Å². The van der Waals surface area contributed by atoms with Crippen LogP contribution in [0.1, 0.15) is 43.2 Å². The van der Waals surface area contributed by atoms with Crippen LogP contribution in [0, 0.1) is 11.3 Å². The Labute approximate surface area is 189 Å². The fourth-order valence-corrected chi connectivity index (χ4v) is 4.25. The maximum absolute atomic E-state index is 11.4. The van der Waals surface area contributed by atoms with Gasteiger partial charge in [0, 0.05) is 44.5 Å². The number of carboxylic acid groups (broad SMARTS) is 1. The van der Waals surface area contributed by atoms with Gasteiger partial charge < -0.3 is 24.8 Å². The summed E-state index contributed by atoms with van der Waals surface area (Å²) in [7, 11) is 1.59. The summed E-state index contributed by atoms with van der Waals surface area (Å²) in [6.07, 6.45) is 1.94. The normalized spacial score (nSPS) is 15.0. The molecule has 1 atom stereocenters. The second-order valence-electron chi connectivity index (χ2n) is 7.97. The molecule has 7 nitrogen and oxygen atoms in total. The van der Waals surface area contributed by atoms with Crippen molar-refractivity contribution in [2.75, 3.05) is 43.7 Å². The van der Waals surface area contributed by atoms with E-state index in [-0.39, 0.29) is 12.3 Å². The van der Waals surface area contributed by atoms with E-state index in [9.17, 15) is 9.90 Å². The van der Waals surface area contributed by atoms with Gasteiger partial charge in [0.2, 0.25) is 0 Å². The molecule has 0 saturated carbocycles. The van der Waals surface area contributed by atoms with Crippen LogP contribution in [0.3, 0.4) is 0 Å². The summed E-state index contributed by atoms with van der Waals surface area (Å²) in [4.78, 5) is 13.8. The van der Waals surface area contributed by atoms with Crippen molar-refractivity contribution in [1.82, 2.24) is 0 Å². The van der Waals surface area contributed by atoms with E-state index in [2.05, 4.69) is 29.3 Å². The summed E-state index contributed by atoms with van der Waals surface area (Å²) in [6, 6.07) is 15.9. The Morgan fingerprint density at radius 1 is 1.28 bits per heavy atom. The molecule has 170 valence electrons. The average molecular weight is 438 g/mol. The molecule has 1 saturated heterocycles. The molecule has 1 aliphatic rings. The fraction of sp³-hybridized carbons (Fsp3) is 0.440. The summed E-state index contributed by atoms with van der Waals surface area (Å²) >= 11 is 0. The molecule has 0 aromatic heterocycles. The molecule has 7 heteroatoms. The molecule has 1 unspecified atom stereocenters. The van der Waals surface area contributed by atoms with Gasteiger partial charge in [-0.1, -0.05) is 6.07 Å². The van der Waals surface area contributed by atoms with E-state index in [0.717, 1.165) is 55.2 Å². The highest BCUT2D eigenvalue weighted by Crippen LogP contribution is 2.35. The Kier molecular flexibility index (Phi) is 8.48. The van der Waals surface area contributed by atoms with E-state index in [1.165, 1.54) is 0 Å². The topological polar surface area (TPSA) is 94.8 Å². The molecule has 0 aliphatic carbocycles. The number of nitrogens with one attached hydrogen (secondary N) is 1. The number of carboxylic acids is 1. The predicted octanol–water partition coefficient (Wildman–Crippen LogP) is 4.51. The first-order valence-corrected chi connectivity index (χ1v) is 11.0. The monoisotopic (exact) mass is 437 g/mol. The summed E-state index contributed by atoms with van der Waals surface area (Å²) in [6.45, 7) is 4.84. The lowest BCUT2D eigenvalue weighted by molar-refractivity contribution is -0.137. The molecule has 3 rings (SSSR count). The zero-order valence-corrected chi connectivity index (χ0v) is 18.7. The molecule has 1 aliphatic heterocycles. The number of anilines is 3. The van der Waals surface area contributed by atoms with Crippen molar-refractivity contribution in [2.45, 2.75) is 38.1 Å². The number of nitriles is 1. The number of hydrogen-bond donors (Lipinski definition) is 2. The summed E-state index contributed by atoms with van der Waals surface area (Å²) in [5.41, 5.74) is 4.36. The molecule has 2 N–H and O–H groups in total. The lowest BCUT2D eigenvalue weighted by Gasteiger charge is -2.37. The second-order valence-corrected chi connectivity index (χ2v) is 7.97. The Bertz CT molecular complexity index is 933. The van der Waals surface area contributed by atoms with Gasteiger partial charge in [-0.3, -0.25) is 4.79 Å². The fourth-order valence-electron chi connectivity index (χ4n) is 4.25. The predicted molar refractivity (Wildman–Crippen MR) is 125 cm³/mol. The molecular weight excluding hydrogens is 406 g/mol. The molecule has 32 heavy (non-hydrogen) atoms. The van der Waals surface area contributed by atoms with Gasteiger partial charge in [0.1, 0.15) is 0 Å². The average Bonchev–Trinajstić information content (AvgIpc) is 2.81. The highest BCUT2D eigenvalue weighted by Gasteiger charge is 2.24. The van der Waals surface area contributed by atoms with Crippen LogP contribution in [-0.4, -0.2) is 50.6 Å². The van der Waals surface area contributed by atoms with Crippen molar-refractivity contribution < 1.29 is 19.4 Å². The molecular formula is C25H31N3O4. The Balaban J connectivity index is 1.99. The van der Waals surface area contributed by atoms with E-state index in [1.54, 1.807) is 19.2 Å². The maximum atomic E-state index is 11.4. The van der Waals surface area contributed by atoms with Crippen molar-refractivity contribution in [1.29, 1.82) is 5.26 Å². The third kappa shape index (κ3) is 6.00. The van der Waals surface area contributed by atoms with E-state index in [4.69, 9.17) is 14.7 Å². The standard InChI is InChI=1S/C25H31N3O4/c1-3-28(22-10-12-32-13-11-22)24-9-6-19(20(17-31-2)15-25(29)30)14-23(24)27-21-7-4-18(16-26)5-8-21/h4-9,14,20,22,27H,3,10-13,15,17H2,1-2H3,(H,29,30). The zero-order valence-electron chi connectivity index (χ0n) is 18.7. The number of hydrogen-bond acceptors (Lipinski definition) is 6. The van der Waals surface area contributed by atoms with Crippen molar-refractivity contribution >= 4 is 23.0 Å². The highest BCUT2D eigenvalue weighted by molar-refractivity contribution is 5.77.